The van der Waals surface area contributed by atoms with E-state index in [1.165, 1.54) is 6.33 Å². The average molecular weight is 533 g/mol. The molecule has 1 amide bonds. The Morgan fingerprint density at radius 2 is 2.10 bits per heavy atom. The van der Waals surface area contributed by atoms with Crippen LogP contribution >= 0.6 is 0 Å². The van der Waals surface area contributed by atoms with Crippen LogP contribution in [0.4, 0.5) is 4.79 Å². The summed E-state index contributed by atoms with van der Waals surface area (Å²) >= 11 is 0. The average Bonchev–Trinajstić information content (AvgIpc) is 3.68. The fourth-order valence-corrected chi connectivity index (χ4v) is 4.82. The molecule has 2 N–H and O–H groups in total. The highest BCUT2D eigenvalue weighted by Crippen LogP contribution is 2.37. The minimum Gasteiger partial charge on any atom is -0.443 e. The van der Waals surface area contributed by atoms with Gasteiger partial charge in [0.05, 0.1) is 41.8 Å². The number of allylic oxidation sites excluding steroid dienone is 4. The number of amides is 1. The van der Waals surface area contributed by atoms with Crippen LogP contribution in [-0.2, 0) is 16.9 Å². The number of carbonyl (C=O) groups is 1. The Bertz CT molecular complexity index is 1710. The third-order valence-corrected chi connectivity index (χ3v) is 6.74. The second kappa shape index (κ2) is 10.7. The summed E-state index contributed by atoms with van der Waals surface area (Å²) < 4.78 is 7.20. The molecule has 4 heterocycles. The van der Waals surface area contributed by atoms with Crippen LogP contribution in [0, 0.1) is 11.3 Å². The van der Waals surface area contributed by atoms with Gasteiger partial charge in [-0.2, -0.15) is 20.9 Å². The van der Waals surface area contributed by atoms with E-state index >= 15 is 0 Å². The van der Waals surface area contributed by atoms with E-state index in [9.17, 15) is 10.1 Å². The number of rotatable bonds is 7. The smallest absolute Gasteiger partial charge is 0.434 e. The summed E-state index contributed by atoms with van der Waals surface area (Å²) in [5, 5.41) is 24.5. The van der Waals surface area contributed by atoms with Crippen molar-refractivity contribution in [1.29, 1.82) is 5.26 Å². The molecular weight excluding hydrogens is 508 g/mol. The lowest BCUT2D eigenvalue weighted by molar-refractivity contribution is 0.0933. The molecule has 3 aromatic heterocycles. The molecule has 0 spiro atoms. The van der Waals surface area contributed by atoms with E-state index in [-0.39, 0.29) is 13.0 Å². The largest absolute Gasteiger partial charge is 0.443 e. The van der Waals surface area contributed by atoms with Gasteiger partial charge in [-0.25, -0.2) is 14.8 Å². The van der Waals surface area contributed by atoms with Gasteiger partial charge in [0, 0.05) is 29.8 Å². The summed E-state index contributed by atoms with van der Waals surface area (Å²) in [6.45, 7) is 0.140. The molecular formula is C28H24N10O2. The molecule has 1 atom stereocenters. The first-order chi connectivity index (χ1) is 19.6. The standard InChI is InChI=1S/C28H24N10O2/c29-11-10-28(38-16-22(15-33-38)25-24-8-12-30-26(24)32-19-31-25)9-4-7-21(14-28)13-23-17-37(36-35-34-23)27(39)40-18-20-5-2-1-3-6-20/h1-9,12,15-17,19H,10,13-14,18H2,(H,34,36)(H,30,31,32). The zero-order valence-corrected chi connectivity index (χ0v) is 21.3. The molecule has 40 heavy (non-hydrogen) atoms. The molecule has 1 aliphatic carbocycles. The fraction of sp³-hybridized carbons (Fsp3) is 0.179. The molecule has 0 fully saturated rings. The Kier molecular flexibility index (Phi) is 6.60. The van der Waals surface area contributed by atoms with E-state index in [2.05, 4.69) is 42.0 Å². The highest BCUT2D eigenvalue weighted by Gasteiger charge is 2.34. The number of hydrogen-bond acceptors (Lipinski definition) is 9. The summed E-state index contributed by atoms with van der Waals surface area (Å²) in [6.07, 6.45) is 15.0. The second-order valence-corrected chi connectivity index (χ2v) is 9.44. The Morgan fingerprint density at radius 3 is 2.98 bits per heavy atom. The molecule has 0 saturated heterocycles. The zero-order chi connectivity index (χ0) is 27.4. The van der Waals surface area contributed by atoms with Crippen molar-refractivity contribution in [3.8, 4) is 17.3 Å². The molecule has 198 valence electrons. The van der Waals surface area contributed by atoms with Gasteiger partial charge in [0.25, 0.3) is 0 Å². The van der Waals surface area contributed by atoms with E-state index in [0.717, 1.165) is 38.4 Å². The van der Waals surface area contributed by atoms with Gasteiger partial charge in [0.1, 0.15) is 18.6 Å². The van der Waals surface area contributed by atoms with Crippen LogP contribution in [0.1, 0.15) is 24.8 Å². The predicted molar refractivity (Wildman–Crippen MR) is 144 cm³/mol. The predicted octanol–water partition coefficient (Wildman–Crippen LogP) is 5.07. The third-order valence-electron chi connectivity index (χ3n) is 6.74. The van der Waals surface area contributed by atoms with Gasteiger partial charge >= 0.3 is 6.09 Å². The van der Waals surface area contributed by atoms with Crippen LogP contribution < -0.4 is 5.53 Å². The number of ether oxygens (including phenoxy) is 1. The lowest BCUT2D eigenvalue weighted by Gasteiger charge is -2.32. The maximum atomic E-state index is 12.6. The second-order valence-electron chi connectivity index (χ2n) is 9.44. The minimum atomic E-state index is -0.694. The first-order valence-electron chi connectivity index (χ1n) is 12.6. The van der Waals surface area contributed by atoms with Crippen molar-refractivity contribution in [2.75, 3.05) is 0 Å². The van der Waals surface area contributed by atoms with E-state index < -0.39 is 11.6 Å². The van der Waals surface area contributed by atoms with Gasteiger partial charge < -0.3 is 9.72 Å². The molecule has 0 saturated carbocycles. The van der Waals surface area contributed by atoms with Crippen LogP contribution in [-0.4, -0.2) is 35.8 Å². The highest BCUT2D eigenvalue weighted by atomic mass is 16.6. The zero-order valence-electron chi connectivity index (χ0n) is 21.3. The van der Waals surface area contributed by atoms with Gasteiger partial charge in [-0.3, -0.25) is 4.68 Å². The lowest BCUT2D eigenvalue weighted by Crippen LogP contribution is -2.37. The van der Waals surface area contributed by atoms with E-state index in [1.54, 1.807) is 12.4 Å². The number of H-pyrrole nitrogens is 1. The Hall–Kier alpha value is -5.57. The van der Waals surface area contributed by atoms with Crippen LogP contribution in [0.25, 0.3) is 22.3 Å². The quantitative estimate of drug-likeness (QED) is 0.337. The molecule has 1 unspecified atom stereocenters. The molecule has 6 rings (SSSR count). The van der Waals surface area contributed by atoms with Gasteiger partial charge in [0.15, 0.2) is 0 Å². The Morgan fingerprint density at radius 1 is 1.20 bits per heavy atom. The first kappa shape index (κ1) is 24.7. The van der Waals surface area contributed by atoms with Crippen LogP contribution in [0.3, 0.4) is 0 Å². The van der Waals surface area contributed by atoms with Crippen molar-refractivity contribution < 1.29 is 9.53 Å². The number of benzene rings is 1. The molecule has 0 bridgehead atoms. The first-order valence-corrected chi connectivity index (χ1v) is 12.6. The SMILES string of the molecule is N#CCC1(n2cc(-c3ncnc4[nH]ccc34)cn2)C=CC=C(CC2=CN(C(=O)OCc3ccccc3)NN=N2)C1. The number of aromatic amines is 1. The number of fused-ring (bicyclic) bond motifs is 1. The molecule has 4 aromatic rings. The maximum Gasteiger partial charge on any atom is 0.434 e. The van der Waals surface area contributed by atoms with Crippen molar-refractivity contribution in [3.05, 3.63) is 103 Å². The van der Waals surface area contributed by atoms with Crippen molar-refractivity contribution in [2.45, 2.75) is 31.4 Å². The molecule has 1 aliphatic heterocycles. The van der Waals surface area contributed by atoms with Crippen molar-refractivity contribution >= 4 is 17.1 Å². The lowest BCUT2D eigenvalue weighted by atomic mass is 9.82. The number of nitriles is 1. The number of nitrogens with one attached hydrogen (secondary N) is 2. The van der Waals surface area contributed by atoms with Crippen LogP contribution in [0.5, 0.6) is 0 Å². The van der Waals surface area contributed by atoms with Gasteiger partial charge in [-0.15, -0.1) is 5.11 Å². The highest BCUT2D eigenvalue weighted by molar-refractivity contribution is 5.90. The van der Waals surface area contributed by atoms with E-state index in [0.29, 0.717) is 18.5 Å². The molecule has 2 aliphatic rings. The third kappa shape index (κ3) is 4.95. The molecule has 1 aromatic carbocycles. The summed E-state index contributed by atoms with van der Waals surface area (Å²) in [5.41, 5.74) is 6.65. The maximum absolute atomic E-state index is 12.6. The van der Waals surface area contributed by atoms with E-state index in [1.807, 2.05) is 71.7 Å². The fourth-order valence-electron chi connectivity index (χ4n) is 4.82. The van der Waals surface area contributed by atoms with Crippen LogP contribution in [0.15, 0.2) is 107 Å². The molecule has 12 heteroatoms. The molecule has 0 radical (unpaired) electrons. The summed E-state index contributed by atoms with van der Waals surface area (Å²) in [6, 6.07) is 13.7. The summed E-state index contributed by atoms with van der Waals surface area (Å²) in [7, 11) is 0. The Balaban J connectivity index is 1.18. The van der Waals surface area contributed by atoms with E-state index in [4.69, 9.17) is 4.74 Å². The van der Waals surface area contributed by atoms with Crippen molar-refractivity contribution in [3.63, 3.8) is 0 Å². The molecule has 12 nitrogen and oxygen atoms in total. The number of hydrogen-bond donors (Lipinski definition) is 2. The monoisotopic (exact) mass is 532 g/mol. The minimum absolute atomic E-state index is 0.140. The van der Waals surface area contributed by atoms with Crippen molar-refractivity contribution in [2.24, 2.45) is 10.3 Å². The topological polar surface area (TPSA) is 149 Å². The normalized spacial score (nSPS) is 18.1. The summed E-state index contributed by atoms with van der Waals surface area (Å²) in [5.74, 6) is 0. The van der Waals surface area contributed by atoms with Gasteiger partial charge in [0.2, 0.25) is 0 Å². The van der Waals surface area contributed by atoms with Gasteiger partial charge in [-0.05, 0) is 18.1 Å². The number of hydrazine groups is 1. The summed E-state index contributed by atoms with van der Waals surface area (Å²) in [4.78, 5) is 24.4. The Labute approximate surface area is 229 Å². The van der Waals surface area contributed by atoms with Crippen LogP contribution in [0.2, 0.25) is 0 Å². The van der Waals surface area contributed by atoms with Gasteiger partial charge in [-0.1, -0.05) is 59.4 Å². The number of aromatic nitrogens is 5. The number of carbonyl (C=O) groups excluding carboxylic acids is 1. The van der Waals surface area contributed by atoms with Crippen molar-refractivity contribution in [1.82, 2.24) is 35.3 Å². The number of nitrogens with zero attached hydrogens (tertiary/aromatic N) is 8.